The third-order valence-corrected chi connectivity index (χ3v) is 5.70. The summed E-state index contributed by atoms with van der Waals surface area (Å²) in [6, 6.07) is 1.23. The molecule has 0 amide bonds. The highest BCUT2D eigenvalue weighted by Crippen LogP contribution is 2.45. The van der Waals surface area contributed by atoms with Crippen molar-refractivity contribution in [3.63, 3.8) is 0 Å². The van der Waals surface area contributed by atoms with E-state index in [0.29, 0.717) is 31.0 Å². The molecule has 2 fully saturated rings. The first-order chi connectivity index (χ1) is 11.0. The molecule has 1 aliphatic heterocycles. The Morgan fingerprint density at radius 3 is 2.91 bits per heavy atom. The number of hydrogen-bond acceptors (Lipinski definition) is 4. The van der Waals surface area contributed by atoms with Gasteiger partial charge in [0.15, 0.2) is 5.82 Å². The van der Waals surface area contributed by atoms with E-state index in [-0.39, 0.29) is 32.3 Å². The molecule has 1 aromatic carbocycles. The number of hydrogen-bond donors (Lipinski definition) is 0. The van der Waals surface area contributed by atoms with Gasteiger partial charge in [0.1, 0.15) is 17.5 Å². The Morgan fingerprint density at radius 2 is 2.13 bits per heavy atom. The minimum absolute atomic E-state index is 0.0500. The summed E-state index contributed by atoms with van der Waals surface area (Å²) in [4.78, 5) is 9.94. The lowest BCUT2D eigenvalue weighted by Crippen LogP contribution is -2.31. The van der Waals surface area contributed by atoms with Gasteiger partial charge in [-0.25, -0.2) is 13.8 Å². The van der Waals surface area contributed by atoms with Gasteiger partial charge in [-0.05, 0) is 33.6 Å². The molecule has 23 heavy (non-hydrogen) atoms. The lowest BCUT2D eigenvalue weighted by atomic mass is 10.2. The average Bonchev–Trinajstić information content (AvgIpc) is 3.21. The van der Waals surface area contributed by atoms with Crippen LogP contribution in [0.25, 0.3) is 10.9 Å². The first kappa shape index (κ1) is 15.7. The van der Waals surface area contributed by atoms with E-state index in [0.717, 1.165) is 0 Å². The zero-order valence-electron chi connectivity index (χ0n) is 11.6. The van der Waals surface area contributed by atoms with Crippen molar-refractivity contribution in [1.29, 1.82) is 0 Å². The van der Waals surface area contributed by atoms with Crippen molar-refractivity contribution in [2.45, 2.75) is 12.2 Å². The molecule has 1 aromatic heterocycles. The molecular weight excluding hydrogens is 415 g/mol. The van der Waals surface area contributed by atoms with Gasteiger partial charge in [0.2, 0.25) is 5.28 Å². The summed E-state index contributed by atoms with van der Waals surface area (Å²) in [7, 11) is 0. The number of anilines is 1. The molecule has 2 heterocycles. The summed E-state index contributed by atoms with van der Waals surface area (Å²) in [5.74, 6) is -0.431. The standard InChI is InChI=1S/C14H10BrCl2F2N3O/c15-8-7(16)3-5-11(10(8)19)20-14(17)21-13(5)22-1-2-23-4-6-9(18)12(6)22/h3,6,9,12H,1-2,4H2/t6-,9-,12-/m0/s1. The fourth-order valence-electron chi connectivity index (χ4n) is 3.04. The second-order valence-corrected chi connectivity index (χ2v) is 7.10. The normalized spacial score (nSPS) is 27.0. The predicted molar refractivity (Wildman–Crippen MR) is 87.6 cm³/mol. The molecule has 0 radical (unpaired) electrons. The maximum absolute atomic E-state index is 14.5. The summed E-state index contributed by atoms with van der Waals surface area (Å²) >= 11 is 15.1. The summed E-state index contributed by atoms with van der Waals surface area (Å²) in [5.41, 5.74) is 0.0500. The van der Waals surface area contributed by atoms with Crippen LogP contribution in [0.3, 0.4) is 0 Å². The van der Waals surface area contributed by atoms with E-state index in [4.69, 9.17) is 27.9 Å². The number of fused-ring (bicyclic) bond motifs is 2. The Labute approximate surface area is 148 Å². The second-order valence-electron chi connectivity index (χ2n) is 5.57. The van der Waals surface area contributed by atoms with Gasteiger partial charge in [0.05, 0.1) is 28.8 Å². The summed E-state index contributed by atoms with van der Waals surface area (Å²) < 4.78 is 34.0. The van der Waals surface area contributed by atoms with Crippen molar-refractivity contribution < 1.29 is 13.5 Å². The summed E-state index contributed by atoms with van der Waals surface area (Å²) in [5, 5.41) is 0.496. The van der Waals surface area contributed by atoms with Crippen LogP contribution in [0.15, 0.2) is 10.5 Å². The second kappa shape index (κ2) is 5.65. The quantitative estimate of drug-likeness (QED) is 0.512. The van der Waals surface area contributed by atoms with Gasteiger partial charge in [0.25, 0.3) is 0 Å². The van der Waals surface area contributed by atoms with Crippen LogP contribution in [0.2, 0.25) is 10.3 Å². The molecule has 3 atom stereocenters. The van der Waals surface area contributed by atoms with Crippen LogP contribution in [0.4, 0.5) is 14.6 Å². The molecule has 0 N–H and O–H groups in total. The topological polar surface area (TPSA) is 38.2 Å². The van der Waals surface area contributed by atoms with Crippen molar-refractivity contribution in [3.05, 3.63) is 26.7 Å². The van der Waals surface area contributed by atoms with E-state index in [2.05, 4.69) is 25.9 Å². The minimum Gasteiger partial charge on any atom is -0.379 e. The van der Waals surface area contributed by atoms with E-state index in [1.54, 1.807) is 11.0 Å². The van der Waals surface area contributed by atoms with Gasteiger partial charge < -0.3 is 9.64 Å². The molecule has 4 rings (SSSR count). The Kier molecular flexibility index (Phi) is 3.87. The average molecular weight is 425 g/mol. The minimum atomic E-state index is -0.991. The highest BCUT2D eigenvalue weighted by molar-refractivity contribution is 9.10. The molecule has 9 heteroatoms. The van der Waals surface area contributed by atoms with Crippen LogP contribution < -0.4 is 4.90 Å². The van der Waals surface area contributed by atoms with E-state index >= 15 is 0 Å². The van der Waals surface area contributed by atoms with E-state index in [1.807, 2.05) is 0 Å². The molecule has 1 saturated carbocycles. The smallest absolute Gasteiger partial charge is 0.225 e. The van der Waals surface area contributed by atoms with Gasteiger partial charge in [-0.3, -0.25) is 0 Å². The molecule has 1 saturated heterocycles. The Balaban J connectivity index is 1.92. The summed E-state index contributed by atoms with van der Waals surface area (Å²) in [6.07, 6.45) is -0.991. The number of nitrogens with zero attached hydrogens (tertiary/aromatic N) is 3. The number of aromatic nitrogens is 2. The van der Waals surface area contributed by atoms with E-state index < -0.39 is 12.0 Å². The van der Waals surface area contributed by atoms with Crippen LogP contribution in [0.5, 0.6) is 0 Å². The van der Waals surface area contributed by atoms with Crippen molar-refractivity contribution in [1.82, 2.24) is 9.97 Å². The Hall–Kier alpha value is -0.760. The first-order valence-electron chi connectivity index (χ1n) is 6.98. The highest BCUT2D eigenvalue weighted by atomic mass is 79.9. The number of ether oxygens (including phenoxy) is 1. The lowest BCUT2D eigenvalue weighted by molar-refractivity contribution is 0.131. The van der Waals surface area contributed by atoms with E-state index in [1.165, 1.54) is 0 Å². The van der Waals surface area contributed by atoms with Crippen molar-refractivity contribution >= 4 is 55.9 Å². The van der Waals surface area contributed by atoms with Crippen LogP contribution in [-0.2, 0) is 4.74 Å². The molecule has 0 spiro atoms. The number of alkyl halides is 1. The highest BCUT2D eigenvalue weighted by Gasteiger charge is 2.56. The predicted octanol–water partition coefficient (Wildman–Crippen LogP) is 4.01. The monoisotopic (exact) mass is 423 g/mol. The van der Waals surface area contributed by atoms with Gasteiger partial charge in [-0.2, -0.15) is 4.98 Å². The number of benzene rings is 1. The fraction of sp³-hybridized carbons (Fsp3) is 0.429. The van der Waals surface area contributed by atoms with Crippen molar-refractivity contribution in [2.75, 3.05) is 24.7 Å². The van der Waals surface area contributed by atoms with Crippen LogP contribution >= 0.6 is 39.1 Å². The summed E-state index contributed by atoms with van der Waals surface area (Å²) in [6.45, 7) is 1.26. The van der Waals surface area contributed by atoms with E-state index in [9.17, 15) is 8.78 Å². The zero-order valence-corrected chi connectivity index (χ0v) is 14.7. The van der Waals surface area contributed by atoms with Crippen molar-refractivity contribution in [2.24, 2.45) is 5.92 Å². The van der Waals surface area contributed by atoms with Gasteiger partial charge in [-0.1, -0.05) is 11.6 Å². The Morgan fingerprint density at radius 1 is 1.35 bits per heavy atom. The number of halogens is 5. The molecule has 2 aliphatic rings. The van der Waals surface area contributed by atoms with Crippen LogP contribution in [0.1, 0.15) is 0 Å². The Bertz CT molecular complexity index is 809. The van der Waals surface area contributed by atoms with Crippen LogP contribution in [0, 0.1) is 11.7 Å². The van der Waals surface area contributed by atoms with Crippen LogP contribution in [-0.4, -0.2) is 41.9 Å². The maximum atomic E-state index is 14.5. The SMILES string of the molecule is Fc1c(Br)c(Cl)cc2c(N3CCOC[C@H]4[C@H](F)[C@H]43)nc(Cl)nc12. The molecule has 0 unspecified atom stereocenters. The zero-order chi connectivity index (χ0) is 16.3. The third-order valence-electron chi connectivity index (χ3n) is 4.23. The molecule has 0 bridgehead atoms. The van der Waals surface area contributed by atoms with Gasteiger partial charge in [0, 0.05) is 17.8 Å². The molecule has 122 valence electrons. The lowest BCUT2D eigenvalue weighted by Gasteiger charge is -2.24. The number of rotatable bonds is 1. The van der Waals surface area contributed by atoms with Gasteiger partial charge >= 0.3 is 0 Å². The third kappa shape index (κ3) is 2.49. The fourth-order valence-corrected chi connectivity index (χ4v) is 3.70. The molecule has 1 aliphatic carbocycles. The molecule has 2 aromatic rings. The first-order valence-corrected chi connectivity index (χ1v) is 8.53. The largest absolute Gasteiger partial charge is 0.379 e. The van der Waals surface area contributed by atoms with Crippen molar-refractivity contribution in [3.8, 4) is 0 Å². The molecular formula is C14H10BrCl2F2N3O. The van der Waals surface area contributed by atoms with Gasteiger partial charge in [-0.15, -0.1) is 0 Å². The molecule has 4 nitrogen and oxygen atoms in total. The maximum Gasteiger partial charge on any atom is 0.225 e.